The Hall–Kier alpha value is -3.79. The summed E-state index contributed by atoms with van der Waals surface area (Å²) < 4.78 is 5.36. The zero-order valence-electron chi connectivity index (χ0n) is 16.5. The normalized spacial score (nSPS) is 15.1. The molecule has 1 N–H and O–H groups in total. The Morgan fingerprint density at radius 1 is 1.06 bits per heavy atom. The number of nitro groups is 2. The Kier molecular flexibility index (Phi) is 5.63. The number of piperidine rings is 1. The van der Waals surface area contributed by atoms with Gasteiger partial charge in [0.25, 0.3) is 17.3 Å². The molecule has 4 rings (SSSR count). The summed E-state index contributed by atoms with van der Waals surface area (Å²) in [5.41, 5.74) is 0.896. The first-order chi connectivity index (χ1) is 14.9. The monoisotopic (exact) mass is 424 g/mol. The van der Waals surface area contributed by atoms with E-state index in [1.165, 1.54) is 24.5 Å². The fourth-order valence-corrected chi connectivity index (χ4v) is 3.87. The van der Waals surface area contributed by atoms with Crippen LogP contribution >= 0.6 is 0 Å². The van der Waals surface area contributed by atoms with Crippen molar-refractivity contribution in [2.45, 2.75) is 25.4 Å². The van der Waals surface area contributed by atoms with Crippen LogP contribution in [0.15, 0.2) is 53.1 Å². The molecular weight excluding hydrogens is 404 g/mol. The third-order valence-electron chi connectivity index (χ3n) is 5.48. The van der Waals surface area contributed by atoms with Gasteiger partial charge in [-0.2, -0.15) is 0 Å². The summed E-state index contributed by atoms with van der Waals surface area (Å²) in [6.07, 6.45) is 2.79. The summed E-state index contributed by atoms with van der Waals surface area (Å²) >= 11 is 0. The highest BCUT2D eigenvalue weighted by molar-refractivity contribution is 6.08. The van der Waals surface area contributed by atoms with Crippen molar-refractivity contribution in [3.05, 3.63) is 80.3 Å². The van der Waals surface area contributed by atoms with E-state index in [-0.39, 0.29) is 28.6 Å². The number of nitro benzene ring substituents is 2. The lowest BCUT2D eigenvalue weighted by Crippen LogP contribution is -2.44. The highest BCUT2D eigenvalue weighted by Crippen LogP contribution is 2.30. The third kappa shape index (κ3) is 4.38. The third-order valence-corrected chi connectivity index (χ3v) is 5.48. The second kappa shape index (κ2) is 8.52. The zero-order chi connectivity index (χ0) is 22.0. The van der Waals surface area contributed by atoms with Gasteiger partial charge >= 0.3 is 0 Å². The molecular formula is C21H20N4O6. The number of hydrogen-bond acceptors (Lipinski definition) is 7. The van der Waals surface area contributed by atoms with Crippen LogP contribution in [0.5, 0.6) is 0 Å². The van der Waals surface area contributed by atoms with E-state index in [0.717, 1.165) is 31.5 Å². The molecule has 0 spiro atoms. The average Bonchev–Trinajstić information content (AvgIpc) is 3.20. The van der Waals surface area contributed by atoms with Crippen molar-refractivity contribution in [1.29, 1.82) is 0 Å². The maximum Gasteiger partial charge on any atom is 0.288 e. The number of nitrogens with zero attached hydrogens (tertiary/aromatic N) is 3. The van der Waals surface area contributed by atoms with E-state index < -0.39 is 15.8 Å². The minimum atomic E-state index is -0.523. The summed E-state index contributed by atoms with van der Waals surface area (Å²) in [6, 6.07) is 11.0. The summed E-state index contributed by atoms with van der Waals surface area (Å²) in [5.74, 6) is -0.506. The lowest BCUT2D eigenvalue weighted by Gasteiger charge is -2.32. The number of furan rings is 1. The van der Waals surface area contributed by atoms with Crippen LogP contribution in [0.2, 0.25) is 0 Å². The first kappa shape index (κ1) is 20.5. The van der Waals surface area contributed by atoms with E-state index in [2.05, 4.69) is 10.2 Å². The van der Waals surface area contributed by atoms with Crippen LogP contribution in [0, 0.1) is 20.2 Å². The molecule has 160 valence electrons. The fourth-order valence-electron chi connectivity index (χ4n) is 3.87. The van der Waals surface area contributed by atoms with Crippen molar-refractivity contribution in [3.8, 4) is 0 Å². The molecule has 3 aromatic rings. The van der Waals surface area contributed by atoms with Crippen LogP contribution in [0.3, 0.4) is 0 Å². The number of carbonyl (C=O) groups is 1. The molecule has 2 heterocycles. The second-order valence-corrected chi connectivity index (χ2v) is 7.51. The molecule has 1 fully saturated rings. The van der Waals surface area contributed by atoms with Gasteiger partial charge in [-0.05, 0) is 18.4 Å². The number of carbonyl (C=O) groups excluding carboxylic acids is 1. The zero-order valence-corrected chi connectivity index (χ0v) is 16.5. The number of nitrogens with one attached hydrogen (secondary N) is 1. The first-order valence-corrected chi connectivity index (χ1v) is 9.83. The van der Waals surface area contributed by atoms with Gasteiger partial charge in [-0.15, -0.1) is 0 Å². The van der Waals surface area contributed by atoms with E-state index in [0.29, 0.717) is 11.9 Å². The van der Waals surface area contributed by atoms with Crippen molar-refractivity contribution < 1.29 is 19.1 Å². The first-order valence-electron chi connectivity index (χ1n) is 9.83. The number of rotatable bonds is 6. The van der Waals surface area contributed by atoms with E-state index in [9.17, 15) is 25.0 Å². The minimum absolute atomic E-state index is 0.0457. The molecule has 1 aliphatic heterocycles. The molecule has 0 radical (unpaired) electrons. The molecule has 31 heavy (non-hydrogen) atoms. The van der Waals surface area contributed by atoms with E-state index in [1.807, 2.05) is 0 Å². The molecule has 1 aromatic heterocycles. The molecule has 10 nitrogen and oxygen atoms in total. The molecule has 1 aliphatic rings. The number of amides is 1. The molecule has 0 aliphatic carbocycles. The minimum Gasteiger partial charge on any atom is -0.458 e. The van der Waals surface area contributed by atoms with Gasteiger partial charge in [-0.1, -0.05) is 24.3 Å². The molecule has 1 saturated heterocycles. The maximum absolute atomic E-state index is 12.7. The molecule has 0 bridgehead atoms. The van der Waals surface area contributed by atoms with Crippen LogP contribution in [-0.2, 0) is 6.54 Å². The number of hydrogen-bond donors (Lipinski definition) is 1. The van der Waals surface area contributed by atoms with Crippen molar-refractivity contribution in [1.82, 2.24) is 10.2 Å². The second-order valence-electron chi connectivity index (χ2n) is 7.51. The number of non-ortho nitro benzene ring substituents is 2. The average molecular weight is 424 g/mol. The summed E-state index contributed by atoms with van der Waals surface area (Å²) in [7, 11) is 0. The van der Waals surface area contributed by atoms with Gasteiger partial charge in [0.15, 0.2) is 0 Å². The highest BCUT2D eigenvalue weighted by atomic mass is 16.6. The van der Waals surface area contributed by atoms with E-state index >= 15 is 0 Å². The largest absolute Gasteiger partial charge is 0.458 e. The standard InChI is InChI=1S/C21H20N4O6/c26-21(20-19-15(13-31-20)2-1-3-18(19)25(29)30)22-16-8-10-23(11-9-16)12-14-4-6-17(7-5-14)24(27)28/h1-7,13,16H,8-12H2,(H,22,26). The van der Waals surface area contributed by atoms with Crippen LogP contribution in [0.4, 0.5) is 11.4 Å². The Morgan fingerprint density at radius 3 is 2.42 bits per heavy atom. The SMILES string of the molecule is O=C(NC1CCN(Cc2ccc([N+](=O)[O-])cc2)CC1)c1occ2cccc([N+](=O)[O-])c12. The number of likely N-dealkylation sites (tertiary alicyclic amines) is 1. The van der Waals surface area contributed by atoms with Gasteiger partial charge in [-0.25, -0.2) is 0 Å². The maximum atomic E-state index is 12.7. The van der Waals surface area contributed by atoms with Crippen LogP contribution < -0.4 is 5.32 Å². The molecule has 0 atom stereocenters. The Morgan fingerprint density at radius 2 is 1.77 bits per heavy atom. The number of fused-ring (bicyclic) bond motifs is 1. The summed E-state index contributed by atoms with van der Waals surface area (Å²) in [6.45, 7) is 2.18. The summed E-state index contributed by atoms with van der Waals surface area (Å²) in [5, 5.41) is 25.7. The van der Waals surface area contributed by atoms with Crippen LogP contribution in [0.1, 0.15) is 29.0 Å². The van der Waals surface area contributed by atoms with E-state index in [1.54, 1.807) is 24.3 Å². The molecule has 0 unspecified atom stereocenters. The topological polar surface area (TPSA) is 132 Å². The van der Waals surface area contributed by atoms with Gasteiger partial charge in [0.05, 0.1) is 16.1 Å². The molecule has 1 amide bonds. The van der Waals surface area contributed by atoms with Gasteiger partial charge in [0.1, 0.15) is 5.39 Å². The highest BCUT2D eigenvalue weighted by Gasteiger charge is 2.26. The predicted octanol–water partition coefficient (Wildman–Crippen LogP) is 3.64. The van der Waals surface area contributed by atoms with Gasteiger partial charge in [-0.3, -0.25) is 29.9 Å². The van der Waals surface area contributed by atoms with Crippen molar-refractivity contribution in [2.24, 2.45) is 0 Å². The van der Waals surface area contributed by atoms with Crippen molar-refractivity contribution in [2.75, 3.05) is 13.1 Å². The van der Waals surface area contributed by atoms with Crippen molar-refractivity contribution in [3.63, 3.8) is 0 Å². The van der Waals surface area contributed by atoms with E-state index in [4.69, 9.17) is 4.42 Å². The molecule has 0 saturated carbocycles. The van der Waals surface area contributed by atoms with Gasteiger partial charge in [0, 0.05) is 49.3 Å². The Balaban J connectivity index is 1.36. The molecule has 10 heteroatoms. The number of benzene rings is 2. The smallest absolute Gasteiger partial charge is 0.288 e. The van der Waals surface area contributed by atoms with Gasteiger partial charge < -0.3 is 9.73 Å². The van der Waals surface area contributed by atoms with Crippen LogP contribution in [0.25, 0.3) is 10.8 Å². The summed E-state index contributed by atoms with van der Waals surface area (Å²) in [4.78, 5) is 36.1. The molecule has 2 aromatic carbocycles. The van der Waals surface area contributed by atoms with Crippen molar-refractivity contribution >= 4 is 28.1 Å². The fraction of sp³-hybridized carbons (Fsp3) is 0.286. The van der Waals surface area contributed by atoms with Crippen LogP contribution in [-0.4, -0.2) is 39.8 Å². The lowest BCUT2D eigenvalue weighted by atomic mass is 10.0. The van der Waals surface area contributed by atoms with Gasteiger partial charge in [0.2, 0.25) is 5.76 Å². The lowest BCUT2D eigenvalue weighted by molar-refractivity contribution is -0.384. The Bertz CT molecular complexity index is 1130. The predicted molar refractivity (Wildman–Crippen MR) is 112 cm³/mol. The Labute approximate surface area is 176 Å². The quantitative estimate of drug-likeness (QED) is 0.472.